The van der Waals surface area contributed by atoms with Gasteiger partial charge >= 0.3 is 0 Å². The van der Waals surface area contributed by atoms with Crippen LogP contribution in [0.25, 0.3) is 11.3 Å². The maximum absolute atomic E-state index is 13.6. The number of nitrogens with zero attached hydrogens (tertiary/aromatic N) is 2. The van der Waals surface area contributed by atoms with Gasteiger partial charge in [0.15, 0.2) is 17.4 Å². The summed E-state index contributed by atoms with van der Waals surface area (Å²) in [5.41, 5.74) is 7.98. The van der Waals surface area contributed by atoms with E-state index >= 15 is 0 Å². The molecule has 0 saturated heterocycles. The molecule has 1 aromatic heterocycles. The van der Waals surface area contributed by atoms with Crippen molar-refractivity contribution in [1.82, 2.24) is 4.98 Å². The fraction of sp³-hybridized carbons (Fsp3) is 0.350. The highest BCUT2D eigenvalue weighted by Crippen LogP contribution is 2.31. The minimum atomic E-state index is -0.466. The largest absolute Gasteiger partial charge is 0.441 e. The number of ketones is 1. The van der Waals surface area contributed by atoms with Crippen LogP contribution >= 0.6 is 0 Å². The van der Waals surface area contributed by atoms with E-state index in [1.54, 1.807) is 19.2 Å². The molecule has 0 unspecified atom stereocenters. The molecular weight excluding hydrogens is 333 g/mol. The van der Waals surface area contributed by atoms with Crippen molar-refractivity contribution in [3.63, 3.8) is 0 Å². The zero-order valence-corrected chi connectivity index (χ0v) is 15.0. The van der Waals surface area contributed by atoms with Crippen molar-refractivity contribution in [2.45, 2.75) is 33.1 Å². The first-order valence-corrected chi connectivity index (χ1v) is 8.65. The Morgan fingerprint density at radius 2 is 2.23 bits per heavy atom. The molecule has 1 aromatic carbocycles. The Balaban J connectivity index is 1.91. The van der Waals surface area contributed by atoms with Crippen molar-refractivity contribution in [3.05, 3.63) is 52.9 Å². The van der Waals surface area contributed by atoms with Crippen LogP contribution in [0, 0.1) is 18.7 Å². The average molecular weight is 355 g/mol. The summed E-state index contributed by atoms with van der Waals surface area (Å²) in [6, 6.07) is 4.07. The number of nitrogens with two attached hydrogens (primary N) is 1. The first-order chi connectivity index (χ1) is 12.5. The summed E-state index contributed by atoms with van der Waals surface area (Å²) >= 11 is 0. The van der Waals surface area contributed by atoms with Gasteiger partial charge in [-0.3, -0.25) is 9.79 Å². The van der Waals surface area contributed by atoms with E-state index in [2.05, 4.69) is 9.98 Å². The van der Waals surface area contributed by atoms with Gasteiger partial charge in [-0.15, -0.1) is 0 Å². The van der Waals surface area contributed by atoms with Crippen LogP contribution in [-0.2, 0) is 6.42 Å². The number of oxazole rings is 1. The van der Waals surface area contributed by atoms with Crippen molar-refractivity contribution in [2.24, 2.45) is 16.6 Å². The zero-order valence-electron chi connectivity index (χ0n) is 15.0. The van der Waals surface area contributed by atoms with Crippen LogP contribution < -0.4 is 5.73 Å². The number of hydrogen-bond donors (Lipinski definition) is 1. The molecule has 0 spiro atoms. The second-order valence-corrected chi connectivity index (χ2v) is 6.61. The van der Waals surface area contributed by atoms with Crippen LogP contribution in [0.3, 0.4) is 0 Å². The number of Topliss-reactive ketones (excluding diaryl/α,β-unsaturated/α-hetero) is 1. The molecule has 3 rings (SSSR count). The van der Waals surface area contributed by atoms with Gasteiger partial charge in [-0.1, -0.05) is 0 Å². The molecule has 0 amide bonds. The Labute approximate surface area is 151 Å². The van der Waals surface area contributed by atoms with E-state index in [0.717, 1.165) is 12.1 Å². The summed E-state index contributed by atoms with van der Waals surface area (Å²) in [6.07, 6.45) is 6.17. The van der Waals surface area contributed by atoms with Crippen molar-refractivity contribution >= 4 is 12.0 Å². The molecule has 5 nitrogen and oxygen atoms in total. The highest BCUT2D eigenvalue weighted by molar-refractivity contribution is 6.00. The Morgan fingerprint density at radius 3 is 2.88 bits per heavy atom. The second-order valence-electron chi connectivity index (χ2n) is 6.61. The van der Waals surface area contributed by atoms with Crippen molar-refractivity contribution in [1.29, 1.82) is 0 Å². The molecule has 26 heavy (non-hydrogen) atoms. The standard InChI is InChI=1S/C20H22FN3O2/c1-12(25)18-8-16(21)5-6-17(18)20-19(24-13(2)26-20)7-15(9-22)11-23-10-14-3-4-14/h5-6,8-9,11,14H,3-4,7,10,22H2,1-2H3. The monoisotopic (exact) mass is 355 g/mol. The topological polar surface area (TPSA) is 81.5 Å². The third kappa shape index (κ3) is 4.25. The Kier molecular flexibility index (Phi) is 5.30. The molecule has 1 saturated carbocycles. The van der Waals surface area contributed by atoms with Gasteiger partial charge in [-0.2, -0.15) is 0 Å². The summed E-state index contributed by atoms with van der Waals surface area (Å²) in [5.74, 6) is 0.932. The lowest BCUT2D eigenvalue weighted by molar-refractivity contribution is 0.101. The number of halogens is 1. The number of carbonyl (C=O) groups is 1. The van der Waals surface area contributed by atoms with Crippen LogP contribution in [0.5, 0.6) is 0 Å². The molecule has 136 valence electrons. The first kappa shape index (κ1) is 18.0. The highest BCUT2D eigenvalue weighted by Gasteiger charge is 2.21. The lowest BCUT2D eigenvalue weighted by atomic mass is 9.99. The van der Waals surface area contributed by atoms with Crippen molar-refractivity contribution < 1.29 is 13.6 Å². The smallest absolute Gasteiger partial charge is 0.192 e. The fourth-order valence-corrected chi connectivity index (χ4v) is 2.77. The number of aliphatic imine (C=N–C) groups is 1. The van der Waals surface area contributed by atoms with Gasteiger partial charge in [0.25, 0.3) is 0 Å². The maximum Gasteiger partial charge on any atom is 0.192 e. The summed E-state index contributed by atoms with van der Waals surface area (Å²) in [5, 5.41) is 0. The van der Waals surface area contributed by atoms with Gasteiger partial charge < -0.3 is 10.2 Å². The zero-order chi connectivity index (χ0) is 18.7. The summed E-state index contributed by atoms with van der Waals surface area (Å²) < 4.78 is 19.3. The molecule has 2 aromatic rings. The second kappa shape index (κ2) is 7.64. The van der Waals surface area contributed by atoms with Crippen molar-refractivity contribution in [2.75, 3.05) is 6.54 Å². The predicted octanol–water partition coefficient (Wildman–Crippen LogP) is 3.86. The third-order valence-electron chi connectivity index (χ3n) is 4.31. The number of aromatic nitrogens is 1. The van der Waals surface area contributed by atoms with Gasteiger partial charge in [-0.05, 0) is 55.7 Å². The van der Waals surface area contributed by atoms with E-state index in [0.29, 0.717) is 35.2 Å². The van der Waals surface area contributed by atoms with Gasteiger partial charge in [0.2, 0.25) is 0 Å². The number of aryl methyl sites for hydroxylation is 1. The lowest BCUT2D eigenvalue weighted by Gasteiger charge is -2.07. The van der Waals surface area contributed by atoms with E-state index in [1.807, 2.05) is 0 Å². The molecule has 1 aliphatic rings. The van der Waals surface area contributed by atoms with Gasteiger partial charge in [0, 0.05) is 37.2 Å². The Morgan fingerprint density at radius 1 is 1.46 bits per heavy atom. The fourth-order valence-electron chi connectivity index (χ4n) is 2.77. The minimum absolute atomic E-state index is 0.236. The summed E-state index contributed by atoms with van der Waals surface area (Å²) in [6.45, 7) is 3.95. The van der Waals surface area contributed by atoms with Gasteiger partial charge in [0.1, 0.15) is 5.82 Å². The van der Waals surface area contributed by atoms with E-state index in [9.17, 15) is 9.18 Å². The quantitative estimate of drug-likeness (QED) is 0.604. The molecule has 0 atom stereocenters. The van der Waals surface area contributed by atoms with Gasteiger partial charge in [-0.25, -0.2) is 9.37 Å². The number of hydrogen-bond acceptors (Lipinski definition) is 5. The Bertz CT molecular complexity index is 879. The number of carbonyl (C=O) groups excluding carboxylic acids is 1. The molecule has 1 fully saturated rings. The van der Waals surface area contributed by atoms with Crippen LogP contribution in [0.1, 0.15) is 41.7 Å². The maximum atomic E-state index is 13.6. The average Bonchev–Trinajstić information content (AvgIpc) is 3.35. The van der Waals surface area contributed by atoms with Gasteiger partial charge in [0.05, 0.1) is 5.69 Å². The lowest BCUT2D eigenvalue weighted by Crippen LogP contribution is -2.01. The molecule has 1 heterocycles. The normalized spacial score (nSPS) is 15.0. The van der Waals surface area contributed by atoms with E-state index in [-0.39, 0.29) is 11.3 Å². The molecule has 6 heteroatoms. The number of allylic oxidation sites excluding steroid dienone is 1. The van der Waals surface area contributed by atoms with Crippen LogP contribution in [0.4, 0.5) is 4.39 Å². The van der Waals surface area contributed by atoms with E-state index in [1.165, 1.54) is 38.1 Å². The first-order valence-electron chi connectivity index (χ1n) is 8.65. The molecule has 2 N–H and O–H groups in total. The molecule has 1 aliphatic carbocycles. The predicted molar refractivity (Wildman–Crippen MR) is 98.7 cm³/mol. The summed E-state index contributed by atoms with van der Waals surface area (Å²) in [4.78, 5) is 20.8. The molecule has 0 bridgehead atoms. The highest BCUT2D eigenvalue weighted by atomic mass is 19.1. The summed E-state index contributed by atoms with van der Waals surface area (Å²) in [7, 11) is 0. The minimum Gasteiger partial charge on any atom is -0.441 e. The van der Waals surface area contributed by atoms with Crippen LogP contribution in [0.2, 0.25) is 0 Å². The molecule has 0 radical (unpaired) electrons. The van der Waals surface area contributed by atoms with E-state index < -0.39 is 5.82 Å². The molecule has 0 aliphatic heterocycles. The van der Waals surface area contributed by atoms with Crippen molar-refractivity contribution in [3.8, 4) is 11.3 Å². The number of benzene rings is 1. The number of rotatable bonds is 7. The molecular formula is C20H22FN3O2. The third-order valence-corrected chi connectivity index (χ3v) is 4.31. The van der Waals surface area contributed by atoms with Crippen LogP contribution in [-0.4, -0.2) is 23.5 Å². The Hall–Kier alpha value is -2.76. The van der Waals surface area contributed by atoms with Crippen LogP contribution in [0.15, 0.2) is 39.4 Å². The SMILES string of the molecule is CC(=O)c1cc(F)ccc1-c1oc(C)nc1CC(C=NCC1CC1)=CN. The van der Waals surface area contributed by atoms with E-state index in [4.69, 9.17) is 10.2 Å².